The van der Waals surface area contributed by atoms with Crippen LogP contribution in [0.15, 0.2) is 11.3 Å². The van der Waals surface area contributed by atoms with E-state index in [4.69, 9.17) is 0 Å². The van der Waals surface area contributed by atoms with Crippen molar-refractivity contribution in [1.82, 2.24) is 9.97 Å². The molecule has 1 aromatic heterocycles. The molecule has 1 aliphatic rings. The van der Waals surface area contributed by atoms with Gasteiger partial charge in [0.1, 0.15) is 12.0 Å². The number of rotatable bonds is 0. The molecule has 0 saturated carbocycles. The predicted octanol–water partition coefficient (Wildman–Crippen LogP) is 3.62. The quantitative estimate of drug-likeness (QED) is 0.684. The molecule has 3 nitrogen and oxygen atoms in total. The van der Waals surface area contributed by atoms with Crippen molar-refractivity contribution in [3.05, 3.63) is 17.7 Å². The van der Waals surface area contributed by atoms with E-state index in [-0.39, 0.29) is 10.8 Å². The molecular formula is C14H21N3. The van der Waals surface area contributed by atoms with Crippen LogP contribution in [0.1, 0.15) is 58.8 Å². The van der Waals surface area contributed by atoms with Gasteiger partial charge in [0, 0.05) is 17.5 Å². The molecule has 0 radical (unpaired) electrons. The van der Waals surface area contributed by atoms with Crippen LogP contribution < -0.4 is 0 Å². The van der Waals surface area contributed by atoms with Gasteiger partial charge >= 0.3 is 0 Å². The first-order valence-electron chi connectivity index (χ1n) is 6.11. The van der Waals surface area contributed by atoms with Crippen LogP contribution in [0.5, 0.6) is 0 Å². The van der Waals surface area contributed by atoms with E-state index in [0.717, 1.165) is 17.1 Å². The molecule has 1 atom stereocenters. The number of aliphatic imine (C=N–C) groups is 1. The molecule has 0 amide bonds. The second-order valence-electron chi connectivity index (χ2n) is 6.83. The first-order valence-corrected chi connectivity index (χ1v) is 6.11. The second kappa shape index (κ2) is 3.62. The zero-order valence-corrected chi connectivity index (χ0v) is 11.6. The molecule has 0 N–H and O–H groups in total. The van der Waals surface area contributed by atoms with E-state index in [9.17, 15) is 0 Å². The lowest BCUT2D eigenvalue weighted by molar-refractivity contribution is 0.385. The minimum Gasteiger partial charge on any atom is -0.257 e. The molecule has 0 bridgehead atoms. The molecule has 1 aliphatic heterocycles. The Bertz CT molecular complexity index is 461. The van der Waals surface area contributed by atoms with E-state index in [2.05, 4.69) is 56.5 Å². The van der Waals surface area contributed by atoms with Crippen LogP contribution in [-0.2, 0) is 5.41 Å². The molecule has 92 valence electrons. The number of hydrogen-bond donors (Lipinski definition) is 0. The summed E-state index contributed by atoms with van der Waals surface area (Å²) in [6, 6.07) is 0. The van der Waals surface area contributed by atoms with Gasteiger partial charge in [0.05, 0.1) is 11.4 Å². The van der Waals surface area contributed by atoms with Crippen molar-refractivity contribution >= 4 is 11.9 Å². The minimum absolute atomic E-state index is 0.0110. The zero-order chi connectivity index (χ0) is 12.8. The van der Waals surface area contributed by atoms with E-state index in [1.807, 2.05) is 6.21 Å². The second-order valence-corrected chi connectivity index (χ2v) is 6.83. The first-order chi connectivity index (χ1) is 7.71. The highest BCUT2D eigenvalue weighted by atomic mass is 14.9. The van der Waals surface area contributed by atoms with Gasteiger partial charge in [-0.2, -0.15) is 0 Å². The van der Waals surface area contributed by atoms with Crippen molar-refractivity contribution < 1.29 is 0 Å². The molecular weight excluding hydrogens is 210 g/mol. The largest absolute Gasteiger partial charge is 0.257 e. The molecule has 17 heavy (non-hydrogen) atoms. The summed E-state index contributed by atoms with van der Waals surface area (Å²) in [5.41, 5.74) is 3.28. The van der Waals surface area contributed by atoms with Crippen LogP contribution in [-0.4, -0.2) is 16.2 Å². The molecule has 2 heterocycles. The van der Waals surface area contributed by atoms with E-state index in [1.54, 1.807) is 6.33 Å². The third-order valence-corrected chi connectivity index (χ3v) is 3.14. The molecule has 1 unspecified atom stereocenters. The first kappa shape index (κ1) is 12.2. The Kier molecular flexibility index (Phi) is 2.60. The van der Waals surface area contributed by atoms with Gasteiger partial charge in [-0.3, -0.25) is 4.99 Å². The van der Waals surface area contributed by atoms with Gasteiger partial charge in [0.25, 0.3) is 0 Å². The Hall–Kier alpha value is -1.25. The molecule has 0 aliphatic carbocycles. The SMILES string of the molecule is CC(C)(C)c1ncnc2c1N=CC2C(C)(C)C. The Morgan fingerprint density at radius 1 is 1.00 bits per heavy atom. The van der Waals surface area contributed by atoms with Gasteiger partial charge in [-0.15, -0.1) is 0 Å². The Morgan fingerprint density at radius 3 is 2.18 bits per heavy atom. The molecule has 0 spiro atoms. The highest BCUT2D eigenvalue weighted by Crippen LogP contribution is 2.44. The summed E-state index contributed by atoms with van der Waals surface area (Å²) in [7, 11) is 0. The van der Waals surface area contributed by atoms with Gasteiger partial charge in [0.15, 0.2) is 0 Å². The van der Waals surface area contributed by atoms with Gasteiger partial charge in [0.2, 0.25) is 0 Å². The summed E-state index contributed by atoms with van der Waals surface area (Å²) in [4.78, 5) is 13.4. The summed E-state index contributed by atoms with van der Waals surface area (Å²) >= 11 is 0. The monoisotopic (exact) mass is 231 g/mol. The third kappa shape index (κ3) is 2.11. The lowest BCUT2D eigenvalue weighted by Crippen LogP contribution is -2.20. The van der Waals surface area contributed by atoms with Crippen LogP contribution in [0.2, 0.25) is 0 Å². The Labute approximate surface area is 103 Å². The number of aromatic nitrogens is 2. The van der Waals surface area contributed by atoms with Crippen molar-refractivity contribution in [2.75, 3.05) is 0 Å². The van der Waals surface area contributed by atoms with Crippen LogP contribution in [0, 0.1) is 5.41 Å². The molecule has 0 aromatic carbocycles. The van der Waals surface area contributed by atoms with Crippen molar-refractivity contribution in [2.24, 2.45) is 10.4 Å². The molecule has 0 saturated heterocycles. The minimum atomic E-state index is 0.0110. The highest BCUT2D eigenvalue weighted by molar-refractivity contribution is 5.81. The summed E-state index contributed by atoms with van der Waals surface area (Å²) < 4.78 is 0. The standard InChI is InChI=1S/C14H21N3/c1-13(2,3)9-7-15-11-10(9)16-8-17-12(11)14(4,5)6/h7-9H,1-6H3. The maximum Gasteiger partial charge on any atom is 0.116 e. The maximum atomic E-state index is 4.56. The predicted molar refractivity (Wildman–Crippen MR) is 71.1 cm³/mol. The average Bonchev–Trinajstić information content (AvgIpc) is 2.57. The topological polar surface area (TPSA) is 38.1 Å². The third-order valence-electron chi connectivity index (χ3n) is 3.14. The fraction of sp³-hybridized carbons (Fsp3) is 0.643. The lowest BCUT2D eigenvalue weighted by Gasteiger charge is -2.25. The summed E-state index contributed by atoms with van der Waals surface area (Å²) in [6.07, 6.45) is 3.70. The van der Waals surface area contributed by atoms with E-state index < -0.39 is 0 Å². The van der Waals surface area contributed by atoms with Crippen LogP contribution in [0.25, 0.3) is 0 Å². The lowest BCUT2D eigenvalue weighted by atomic mass is 9.79. The van der Waals surface area contributed by atoms with Gasteiger partial charge < -0.3 is 0 Å². The number of nitrogens with zero attached hydrogens (tertiary/aromatic N) is 3. The fourth-order valence-electron chi connectivity index (χ4n) is 2.15. The van der Waals surface area contributed by atoms with Crippen LogP contribution >= 0.6 is 0 Å². The highest BCUT2D eigenvalue weighted by Gasteiger charge is 2.34. The van der Waals surface area contributed by atoms with Gasteiger partial charge in [-0.05, 0) is 5.41 Å². The van der Waals surface area contributed by atoms with Crippen LogP contribution in [0.4, 0.5) is 5.69 Å². The summed E-state index contributed by atoms with van der Waals surface area (Å²) in [5.74, 6) is 0.293. The summed E-state index contributed by atoms with van der Waals surface area (Å²) in [6.45, 7) is 13.1. The van der Waals surface area contributed by atoms with Crippen molar-refractivity contribution in [2.45, 2.75) is 52.9 Å². The van der Waals surface area contributed by atoms with E-state index >= 15 is 0 Å². The molecule has 3 heteroatoms. The summed E-state index contributed by atoms with van der Waals surface area (Å²) in [5, 5.41) is 0. The van der Waals surface area contributed by atoms with E-state index in [1.165, 1.54) is 0 Å². The molecule has 0 fully saturated rings. The van der Waals surface area contributed by atoms with Crippen molar-refractivity contribution in [3.8, 4) is 0 Å². The van der Waals surface area contributed by atoms with E-state index in [0.29, 0.717) is 5.92 Å². The fourth-order valence-corrected chi connectivity index (χ4v) is 2.15. The average molecular weight is 231 g/mol. The Balaban J connectivity index is 2.55. The number of fused-ring (bicyclic) bond motifs is 1. The number of hydrogen-bond acceptors (Lipinski definition) is 3. The maximum absolute atomic E-state index is 4.56. The zero-order valence-electron chi connectivity index (χ0n) is 11.6. The van der Waals surface area contributed by atoms with Crippen LogP contribution in [0.3, 0.4) is 0 Å². The normalized spacial score (nSPS) is 19.5. The van der Waals surface area contributed by atoms with Gasteiger partial charge in [-0.1, -0.05) is 41.5 Å². The van der Waals surface area contributed by atoms with Crippen molar-refractivity contribution in [1.29, 1.82) is 0 Å². The van der Waals surface area contributed by atoms with Gasteiger partial charge in [-0.25, -0.2) is 9.97 Å². The molecule has 1 aromatic rings. The smallest absolute Gasteiger partial charge is 0.116 e. The molecule has 2 rings (SSSR count). The van der Waals surface area contributed by atoms with Crippen molar-refractivity contribution in [3.63, 3.8) is 0 Å². The Morgan fingerprint density at radius 2 is 1.65 bits per heavy atom.